The molecule has 1 rings (SSSR count). The van der Waals surface area contributed by atoms with Gasteiger partial charge in [0, 0.05) is 27.7 Å². The highest BCUT2D eigenvalue weighted by Gasteiger charge is 2.50. The Labute approximate surface area is 182 Å². The van der Waals surface area contributed by atoms with Crippen molar-refractivity contribution in [2.24, 2.45) is 0 Å². The van der Waals surface area contributed by atoms with Crippen LogP contribution in [-0.4, -0.2) is 85.5 Å². The maximum absolute atomic E-state index is 14.5. The number of halogens is 2. The van der Waals surface area contributed by atoms with Gasteiger partial charge in [0.25, 0.3) is 0 Å². The van der Waals surface area contributed by atoms with Crippen LogP contribution < -0.4 is 5.32 Å². The molecule has 0 spiro atoms. The fourth-order valence-corrected chi connectivity index (χ4v) is 3.07. The lowest BCUT2D eigenvalue weighted by Crippen LogP contribution is -2.66. The van der Waals surface area contributed by atoms with Crippen molar-refractivity contribution >= 4 is 41.4 Å². The number of alkyl halides is 2. The molecule has 31 heavy (non-hydrogen) atoms. The fraction of sp³-hybridized carbons (Fsp3) is 0.722. The van der Waals surface area contributed by atoms with Gasteiger partial charge in [-0.2, -0.15) is 0 Å². The Morgan fingerprint density at radius 2 is 1.65 bits per heavy atom. The molecule has 1 aliphatic rings. The summed E-state index contributed by atoms with van der Waals surface area (Å²) in [5.41, 5.74) is 0. The minimum atomic E-state index is -1.83. The van der Waals surface area contributed by atoms with E-state index in [1.54, 1.807) is 0 Å². The summed E-state index contributed by atoms with van der Waals surface area (Å²) in [6.45, 7) is 3.16. The van der Waals surface area contributed by atoms with Crippen molar-refractivity contribution in [1.29, 1.82) is 0 Å². The van der Waals surface area contributed by atoms with Gasteiger partial charge in [-0.1, -0.05) is 0 Å². The van der Waals surface area contributed by atoms with Crippen LogP contribution in [0.2, 0.25) is 0 Å². The zero-order valence-electron chi connectivity index (χ0n) is 17.4. The highest BCUT2D eigenvalue weighted by molar-refractivity contribution is 6.27. The van der Waals surface area contributed by atoms with Crippen molar-refractivity contribution in [1.82, 2.24) is 5.32 Å². The maximum atomic E-state index is 14.5. The summed E-state index contributed by atoms with van der Waals surface area (Å²) >= 11 is 5.52. The summed E-state index contributed by atoms with van der Waals surface area (Å²) in [7, 11) is 0. The zero-order chi connectivity index (χ0) is 23.7. The van der Waals surface area contributed by atoms with Crippen LogP contribution in [0.3, 0.4) is 0 Å². The second kappa shape index (κ2) is 12.4. The molecule has 6 atom stereocenters. The molecule has 1 N–H and O–H groups in total. The first-order valence-corrected chi connectivity index (χ1v) is 9.75. The first-order valence-electron chi connectivity index (χ1n) is 9.22. The highest BCUT2D eigenvalue weighted by atomic mass is 35.5. The molecule has 2 unspecified atom stereocenters. The standard InChI is InChI=1S/C18H25ClFNO10/c1-8(22)27-7-13(29-9(2)23)17(31-11(4)25)18-15(21-14(26)5-19)16(30-10(3)24)12(20)6-28-18/h12-13,15-18H,5-7H2,1-4H3,(H,21,26)/t12-,13-,15-,16?,17-,18?/m1/s1. The average molecular weight is 470 g/mol. The molecule has 1 fully saturated rings. The van der Waals surface area contributed by atoms with Crippen molar-refractivity contribution in [3.63, 3.8) is 0 Å². The van der Waals surface area contributed by atoms with Crippen molar-refractivity contribution in [2.75, 3.05) is 19.1 Å². The molecule has 1 saturated heterocycles. The molecule has 0 saturated carbocycles. The number of carbonyl (C=O) groups is 5. The first kappa shape index (κ1) is 26.6. The number of amides is 1. The van der Waals surface area contributed by atoms with Crippen molar-refractivity contribution in [3.05, 3.63) is 0 Å². The van der Waals surface area contributed by atoms with E-state index in [2.05, 4.69) is 5.32 Å². The topological polar surface area (TPSA) is 144 Å². The van der Waals surface area contributed by atoms with Crippen LogP contribution in [0.25, 0.3) is 0 Å². The van der Waals surface area contributed by atoms with Crippen molar-refractivity contribution in [2.45, 2.75) is 64.3 Å². The average Bonchev–Trinajstić information content (AvgIpc) is 2.65. The second-order valence-corrected chi connectivity index (χ2v) is 6.91. The van der Waals surface area contributed by atoms with E-state index < -0.39 is 85.5 Å². The molecule has 11 nitrogen and oxygen atoms in total. The lowest BCUT2D eigenvalue weighted by Gasteiger charge is -2.43. The molecule has 0 aromatic heterocycles. The van der Waals surface area contributed by atoms with Gasteiger partial charge in [-0.15, -0.1) is 11.6 Å². The van der Waals surface area contributed by atoms with Crippen molar-refractivity contribution < 1.29 is 52.0 Å². The van der Waals surface area contributed by atoms with Gasteiger partial charge in [0.15, 0.2) is 24.5 Å². The Hall–Kier alpha value is -2.47. The second-order valence-electron chi connectivity index (χ2n) is 6.64. The number of hydrogen-bond donors (Lipinski definition) is 1. The molecule has 1 amide bonds. The number of carbonyl (C=O) groups excluding carboxylic acids is 5. The van der Waals surface area contributed by atoms with Gasteiger partial charge in [0.2, 0.25) is 5.91 Å². The number of ether oxygens (including phenoxy) is 5. The van der Waals surface area contributed by atoms with Gasteiger partial charge >= 0.3 is 23.9 Å². The van der Waals surface area contributed by atoms with Crippen LogP contribution in [-0.2, 0) is 47.7 Å². The van der Waals surface area contributed by atoms with Crippen LogP contribution in [0.5, 0.6) is 0 Å². The molecule has 0 radical (unpaired) electrons. The molecule has 0 aliphatic carbocycles. The third kappa shape index (κ3) is 8.66. The quantitative estimate of drug-likeness (QED) is 0.274. The lowest BCUT2D eigenvalue weighted by molar-refractivity contribution is -0.210. The van der Waals surface area contributed by atoms with E-state index in [4.69, 9.17) is 35.3 Å². The molecular weight excluding hydrogens is 445 g/mol. The van der Waals surface area contributed by atoms with Crippen LogP contribution in [0.1, 0.15) is 27.7 Å². The smallest absolute Gasteiger partial charge is 0.303 e. The largest absolute Gasteiger partial charge is 0.462 e. The van der Waals surface area contributed by atoms with E-state index in [1.165, 1.54) is 0 Å². The summed E-state index contributed by atoms with van der Waals surface area (Å²) in [5, 5.41) is 2.38. The van der Waals surface area contributed by atoms with Gasteiger partial charge in [0.05, 0.1) is 12.6 Å². The number of hydrogen-bond acceptors (Lipinski definition) is 10. The zero-order valence-corrected chi connectivity index (χ0v) is 18.2. The summed E-state index contributed by atoms with van der Waals surface area (Å²) in [5.74, 6) is -4.44. The lowest BCUT2D eigenvalue weighted by atomic mass is 9.91. The van der Waals surface area contributed by atoms with E-state index in [0.717, 1.165) is 27.7 Å². The van der Waals surface area contributed by atoms with Gasteiger partial charge in [0.1, 0.15) is 18.6 Å². The monoisotopic (exact) mass is 469 g/mol. The Balaban J connectivity index is 3.38. The van der Waals surface area contributed by atoms with E-state index in [-0.39, 0.29) is 0 Å². The Kier molecular flexibility index (Phi) is 10.6. The molecule has 1 aliphatic heterocycles. The molecule has 0 aromatic rings. The molecule has 0 aromatic carbocycles. The number of rotatable bonds is 9. The van der Waals surface area contributed by atoms with Gasteiger partial charge < -0.3 is 29.0 Å². The SMILES string of the molecule is CC(=O)OC[C@@H](OC(C)=O)[C@@H](OC(C)=O)C1OC[C@@H](F)C(OC(C)=O)[C@H]1NC(=O)CCl. The molecule has 1 heterocycles. The highest BCUT2D eigenvalue weighted by Crippen LogP contribution is 2.27. The fourth-order valence-electron chi connectivity index (χ4n) is 2.99. The molecule has 0 bridgehead atoms. The van der Waals surface area contributed by atoms with Crippen LogP contribution in [0.15, 0.2) is 0 Å². The number of esters is 4. The summed E-state index contributed by atoms with van der Waals surface area (Å²) in [6.07, 6.45) is -7.55. The summed E-state index contributed by atoms with van der Waals surface area (Å²) in [6, 6.07) is -1.38. The number of nitrogens with one attached hydrogen (secondary N) is 1. The normalized spacial score (nSPS) is 24.8. The van der Waals surface area contributed by atoms with Gasteiger partial charge in [-0.3, -0.25) is 24.0 Å². The first-order chi connectivity index (χ1) is 14.5. The maximum Gasteiger partial charge on any atom is 0.303 e. The molecule has 13 heteroatoms. The van der Waals surface area contributed by atoms with E-state index in [0.29, 0.717) is 0 Å². The molecular formula is C18H25ClFNO10. The predicted molar refractivity (Wildman–Crippen MR) is 101 cm³/mol. The Morgan fingerprint density at radius 1 is 1.03 bits per heavy atom. The van der Waals surface area contributed by atoms with Crippen LogP contribution >= 0.6 is 11.6 Å². The Morgan fingerprint density at radius 3 is 2.13 bits per heavy atom. The van der Waals surface area contributed by atoms with Crippen LogP contribution in [0, 0.1) is 0 Å². The van der Waals surface area contributed by atoms with Gasteiger partial charge in [-0.25, -0.2) is 4.39 Å². The minimum absolute atomic E-state index is 0.508. The summed E-state index contributed by atoms with van der Waals surface area (Å²) in [4.78, 5) is 58.0. The Bertz CT molecular complexity index is 690. The molecule has 176 valence electrons. The van der Waals surface area contributed by atoms with Crippen LogP contribution in [0.4, 0.5) is 4.39 Å². The van der Waals surface area contributed by atoms with E-state index >= 15 is 0 Å². The third-order valence-corrected chi connectivity index (χ3v) is 4.27. The van der Waals surface area contributed by atoms with Gasteiger partial charge in [-0.05, 0) is 0 Å². The third-order valence-electron chi connectivity index (χ3n) is 4.02. The summed E-state index contributed by atoms with van der Waals surface area (Å²) < 4.78 is 40.3. The minimum Gasteiger partial charge on any atom is -0.462 e. The van der Waals surface area contributed by atoms with E-state index in [9.17, 15) is 28.4 Å². The van der Waals surface area contributed by atoms with Crippen molar-refractivity contribution in [3.8, 4) is 0 Å². The predicted octanol–water partition coefficient (Wildman–Crippen LogP) is -0.195. The van der Waals surface area contributed by atoms with E-state index in [1.807, 2.05) is 0 Å².